The van der Waals surface area contributed by atoms with Crippen LogP contribution in [-0.4, -0.2) is 39.3 Å². The molecule has 0 aliphatic heterocycles. The Balaban J connectivity index is 0. The molecular formula is C10H23ClN2O2. The monoisotopic (exact) mass is 238 g/mol. The molecule has 0 aromatic heterocycles. The van der Waals surface area contributed by atoms with Crippen molar-refractivity contribution in [3.05, 3.63) is 0 Å². The van der Waals surface area contributed by atoms with E-state index in [9.17, 15) is 4.79 Å². The van der Waals surface area contributed by atoms with Crippen LogP contribution >= 0.6 is 12.4 Å². The standard InChI is InChI=1S/C10H22N2O2.ClH/c1-4-9(8-14-3)12-10(13)6-5-7-11-2;/h9,11H,4-8H2,1-3H3,(H,12,13);1H. The highest BCUT2D eigenvalue weighted by Crippen LogP contribution is 1.94. The molecule has 0 aromatic rings. The summed E-state index contributed by atoms with van der Waals surface area (Å²) >= 11 is 0. The molecule has 92 valence electrons. The molecule has 0 saturated heterocycles. The predicted molar refractivity (Wildman–Crippen MR) is 64.5 cm³/mol. The number of carbonyl (C=O) groups is 1. The highest BCUT2D eigenvalue weighted by atomic mass is 35.5. The number of amides is 1. The van der Waals surface area contributed by atoms with Gasteiger partial charge in [-0.05, 0) is 26.4 Å². The van der Waals surface area contributed by atoms with Gasteiger partial charge in [0.25, 0.3) is 0 Å². The van der Waals surface area contributed by atoms with E-state index in [2.05, 4.69) is 10.6 Å². The van der Waals surface area contributed by atoms with Gasteiger partial charge in [0.2, 0.25) is 5.91 Å². The second-order valence-electron chi connectivity index (χ2n) is 3.34. The lowest BCUT2D eigenvalue weighted by Crippen LogP contribution is -2.37. The van der Waals surface area contributed by atoms with Crippen LogP contribution in [0.5, 0.6) is 0 Å². The molecule has 0 spiro atoms. The summed E-state index contributed by atoms with van der Waals surface area (Å²) in [7, 11) is 3.54. The molecule has 0 fully saturated rings. The third-order valence-corrected chi connectivity index (χ3v) is 2.06. The molecule has 0 aliphatic rings. The van der Waals surface area contributed by atoms with E-state index in [4.69, 9.17) is 4.74 Å². The van der Waals surface area contributed by atoms with Crippen LogP contribution in [-0.2, 0) is 9.53 Å². The molecule has 0 aliphatic carbocycles. The van der Waals surface area contributed by atoms with Crippen LogP contribution in [0.1, 0.15) is 26.2 Å². The molecular weight excluding hydrogens is 216 g/mol. The molecule has 0 heterocycles. The Kier molecular flexibility index (Phi) is 13.4. The highest BCUT2D eigenvalue weighted by molar-refractivity contribution is 5.85. The molecule has 0 rings (SSSR count). The third-order valence-electron chi connectivity index (χ3n) is 2.06. The van der Waals surface area contributed by atoms with Crippen LogP contribution in [0.4, 0.5) is 0 Å². The predicted octanol–water partition coefficient (Wildman–Crippen LogP) is 0.949. The number of halogens is 1. The fourth-order valence-electron chi connectivity index (χ4n) is 1.19. The molecule has 0 radical (unpaired) electrons. The van der Waals surface area contributed by atoms with Crippen LogP contribution in [0.2, 0.25) is 0 Å². The maximum Gasteiger partial charge on any atom is 0.220 e. The minimum atomic E-state index is 0. The first kappa shape index (κ1) is 17.1. The summed E-state index contributed by atoms with van der Waals surface area (Å²) in [6.45, 7) is 3.51. The van der Waals surface area contributed by atoms with E-state index >= 15 is 0 Å². The molecule has 0 aromatic carbocycles. The highest BCUT2D eigenvalue weighted by Gasteiger charge is 2.08. The van der Waals surface area contributed by atoms with Gasteiger partial charge in [-0.15, -0.1) is 12.4 Å². The summed E-state index contributed by atoms with van der Waals surface area (Å²) < 4.78 is 4.99. The third kappa shape index (κ3) is 9.97. The molecule has 4 nitrogen and oxygen atoms in total. The number of ether oxygens (including phenoxy) is 1. The number of hydrogen-bond acceptors (Lipinski definition) is 3. The number of rotatable bonds is 8. The smallest absolute Gasteiger partial charge is 0.220 e. The lowest BCUT2D eigenvalue weighted by molar-refractivity contribution is -0.122. The number of hydrogen-bond donors (Lipinski definition) is 2. The Morgan fingerprint density at radius 1 is 1.47 bits per heavy atom. The van der Waals surface area contributed by atoms with Crippen LogP contribution in [0.15, 0.2) is 0 Å². The summed E-state index contributed by atoms with van der Waals surface area (Å²) in [4.78, 5) is 11.4. The minimum absolute atomic E-state index is 0. The number of carbonyl (C=O) groups excluding carboxylic acids is 1. The second kappa shape index (κ2) is 11.8. The lowest BCUT2D eigenvalue weighted by atomic mass is 10.2. The average Bonchev–Trinajstić information content (AvgIpc) is 2.17. The van der Waals surface area contributed by atoms with Gasteiger partial charge in [-0.3, -0.25) is 4.79 Å². The first-order chi connectivity index (χ1) is 6.74. The molecule has 5 heteroatoms. The fraction of sp³-hybridized carbons (Fsp3) is 0.900. The van der Waals surface area contributed by atoms with Gasteiger partial charge in [0.15, 0.2) is 0 Å². The zero-order chi connectivity index (χ0) is 10.8. The molecule has 1 amide bonds. The SMILES string of the molecule is CCC(COC)NC(=O)CCCNC.Cl. The summed E-state index contributed by atoms with van der Waals surface area (Å²) in [5.41, 5.74) is 0. The van der Waals surface area contributed by atoms with Crippen molar-refractivity contribution in [1.29, 1.82) is 0 Å². The van der Waals surface area contributed by atoms with E-state index in [0.29, 0.717) is 13.0 Å². The summed E-state index contributed by atoms with van der Waals surface area (Å²) in [5.74, 6) is 0.115. The van der Waals surface area contributed by atoms with E-state index in [-0.39, 0.29) is 24.4 Å². The van der Waals surface area contributed by atoms with Crippen molar-refractivity contribution in [3.8, 4) is 0 Å². The van der Waals surface area contributed by atoms with Crippen LogP contribution < -0.4 is 10.6 Å². The normalized spacial score (nSPS) is 11.7. The van der Waals surface area contributed by atoms with E-state index in [1.165, 1.54) is 0 Å². The van der Waals surface area contributed by atoms with E-state index in [1.54, 1.807) is 7.11 Å². The van der Waals surface area contributed by atoms with Crippen molar-refractivity contribution in [1.82, 2.24) is 10.6 Å². The van der Waals surface area contributed by atoms with Gasteiger partial charge in [-0.2, -0.15) is 0 Å². The Morgan fingerprint density at radius 3 is 2.60 bits per heavy atom. The van der Waals surface area contributed by atoms with Gasteiger partial charge < -0.3 is 15.4 Å². The largest absolute Gasteiger partial charge is 0.383 e. The van der Waals surface area contributed by atoms with Gasteiger partial charge in [0, 0.05) is 13.5 Å². The van der Waals surface area contributed by atoms with Crippen molar-refractivity contribution in [3.63, 3.8) is 0 Å². The van der Waals surface area contributed by atoms with Crippen LogP contribution in [0.25, 0.3) is 0 Å². The van der Waals surface area contributed by atoms with Gasteiger partial charge in [-0.25, -0.2) is 0 Å². The molecule has 2 N–H and O–H groups in total. The van der Waals surface area contributed by atoms with Gasteiger partial charge in [0.1, 0.15) is 0 Å². The van der Waals surface area contributed by atoms with Crippen molar-refractivity contribution in [2.24, 2.45) is 0 Å². The molecule has 0 saturated carbocycles. The van der Waals surface area contributed by atoms with Crippen LogP contribution in [0, 0.1) is 0 Å². The lowest BCUT2D eigenvalue weighted by Gasteiger charge is -2.15. The zero-order valence-electron chi connectivity index (χ0n) is 9.84. The molecule has 0 bridgehead atoms. The van der Waals surface area contributed by atoms with Gasteiger partial charge >= 0.3 is 0 Å². The molecule has 15 heavy (non-hydrogen) atoms. The Labute approximate surface area is 98.6 Å². The number of nitrogens with one attached hydrogen (secondary N) is 2. The fourth-order valence-corrected chi connectivity index (χ4v) is 1.19. The zero-order valence-corrected chi connectivity index (χ0v) is 10.7. The minimum Gasteiger partial charge on any atom is -0.383 e. The van der Waals surface area contributed by atoms with Crippen LogP contribution in [0.3, 0.4) is 0 Å². The average molecular weight is 239 g/mol. The maximum absolute atomic E-state index is 11.4. The molecule has 1 atom stereocenters. The van der Waals surface area contributed by atoms with Crippen molar-refractivity contribution in [2.45, 2.75) is 32.2 Å². The quantitative estimate of drug-likeness (QED) is 0.619. The molecule has 1 unspecified atom stereocenters. The van der Waals surface area contributed by atoms with E-state index < -0.39 is 0 Å². The first-order valence-corrected chi connectivity index (χ1v) is 5.17. The van der Waals surface area contributed by atoms with Gasteiger partial charge in [-0.1, -0.05) is 6.92 Å². The maximum atomic E-state index is 11.4. The number of methoxy groups -OCH3 is 1. The van der Waals surface area contributed by atoms with Crippen molar-refractivity contribution < 1.29 is 9.53 Å². The summed E-state index contributed by atoms with van der Waals surface area (Å²) in [6.07, 6.45) is 2.37. The van der Waals surface area contributed by atoms with Crippen molar-refractivity contribution >= 4 is 18.3 Å². The van der Waals surface area contributed by atoms with Gasteiger partial charge in [0.05, 0.1) is 12.6 Å². The Morgan fingerprint density at radius 2 is 2.13 bits per heavy atom. The first-order valence-electron chi connectivity index (χ1n) is 5.17. The summed E-state index contributed by atoms with van der Waals surface area (Å²) in [5, 5.41) is 5.95. The van der Waals surface area contributed by atoms with E-state index in [1.807, 2.05) is 14.0 Å². The summed E-state index contributed by atoms with van der Waals surface area (Å²) in [6, 6.07) is 0.155. The topological polar surface area (TPSA) is 50.4 Å². The Hall–Kier alpha value is -0.320. The Bertz CT molecular complexity index is 156. The van der Waals surface area contributed by atoms with E-state index in [0.717, 1.165) is 19.4 Å². The second-order valence-corrected chi connectivity index (χ2v) is 3.34. The van der Waals surface area contributed by atoms with Crippen molar-refractivity contribution in [2.75, 3.05) is 27.3 Å².